The minimum Gasteiger partial charge on any atom is -0.466 e. The average molecular weight is 272 g/mol. The molecular formula is C13H18ClNO3. The van der Waals surface area contributed by atoms with Crippen LogP contribution in [0.5, 0.6) is 0 Å². The monoisotopic (exact) mass is 271 g/mol. The largest absolute Gasteiger partial charge is 0.466 e. The van der Waals surface area contributed by atoms with Gasteiger partial charge in [0, 0.05) is 0 Å². The SMILES string of the molecule is CCOC(=O)[C@@H](Cc1ccccc1)[C@H](O)C(N)Cl. The number of halogens is 1. The lowest BCUT2D eigenvalue weighted by Crippen LogP contribution is -2.41. The van der Waals surface area contributed by atoms with Crippen molar-refractivity contribution in [1.29, 1.82) is 0 Å². The van der Waals surface area contributed by atoms with E-state index in [1.54, 1.807) is 6.92 Å². The molecule has 0 aromatic heterocycles. The molecule has 1 rings (SSSR count). The fraction of sp³-hybridized carbons (Fsp3) is 0.462. The van der Waals surface area contributed by atoms with Gasteiger partial charge < -0.3 is 15.6 Å². The number of esters is 1. The molecular weight excluding hydrogens is 254 g/mol. The second kappa shape index (κ2) is 7.36. The number of nitrogens with two attached hydrogens (primary N) is 1. The Kier molecular flexibility index (Phi) is 6.12. The predicted molar refractivity (Wildman–Crippen MR) is 70.1 cm³/mol. The molecule has 1 aromatic rings. The minimum absolute atomic E-state index is 0.258. The van der Waals surface area contributed by atoms with Crippen molar-refractivity contribution in [2.24, 2.45) is 11.7 Å². The predicted octanol–water partition coefficient (Wildman–Crippen LogP) is 1.29. The Labute approximate surface area is 112 Å². The molecule has 1 unspecified atom stereocenters. The smallest absolute Gasteiger partial charge is 0.312 e. The number of aliphatic hydroxyl groups excluding tert-OH is 1. The number of carbonyl (C=O) groups excluding carboxylic acids is 1. The van der Waals surface area contributed by atoms with Gasteiger partial charge in [-0.3, -0.25) is 4.79 Å². The van der Waals surface area contributed by atoms with E-state index in [0.717, 1.165) is 5.56 Å². The van der Waals surface area contributed by atoms with Crippen LogP contribution in [0.1, 0.15) is 12.5 Å². The van der Waals surface area contributed by atoms with Crippen LogP contribution >= 0.6 is 11.6 Å². The van der Waals surface area contributed by atoms with Gasteiger partial charge in [-0.2, -0.15) is 0 Å². The fourth-order valence-electron chi connectivity index (χ4n) is 1.68. The number of alkyl halides is 1. The highest BCUT2D eigenvalue weighted by molar-refractivity contribution is 6.20. The number of ether oxygens (including phenoxy) is 1. The van der Waals surface area contributed by atoms with Crippen LogP contribution in [0.4, 0.5) is 0 Å². The van der Waals surface area contributed by atoms with E-state index in [1.165, 1.54) is 0 Å². The molecule has 0 aliphatic rings. The van der Waals surface area contributed by atoms with Gasteiger partial charge in [0.2, 0.25) is 0 Å². The number of hydrogen-bond acceptors (Lipinski definition) is 4. The lowest BCUT2D eigenvalue weighted by Gasteiger charge is -2.22. The van der Waals surface area contributed by atoms with E-state index in [9.17, 15) is 9.90 Å². The summed E-state index contributed by atoms with van der Waals surface area (Å²) in [6.45, 7) is 1.97. The van der Waals surface area contributed by atoms with Crippen molar-refractivity contribution in [2.45, 2.75) is 24.9 Å². The molecule has 0 bridgehead atoms. The lowest BCUT2D eigenvalue weighted by atomic mass is 9.94. The van der Waals surface area contributed by atoms with Gasteiger partial charge in [-0.05, 0) is 18.9 Å². The van der Waals surface area contributed by atoms with E-state index in [4.69, 9.17) is 22.1 Å². The van der Waals surface area contributed by atoms with Gasteiger partial charge >= 0.3 is 5.97 Å². The molecule has 1 aromatic carbocycles. The van der Waals surface area contributed by atoms with Crippen LogP contribution in [0, 0.1) is 5.92 Å². The van der Waals surface area contributed by atoms with Crippen LogP contribution in [-0.2, 0) is 16.0 Å². The maximum atomic E-state index is 11.8. The van der Waals surface area contributed by atoms with Crippen molar-refractivity contribution >= 4 is 17.6 Å². The van der Waals surface area contributed by atoms with Gasteiger partial charge in [-0.15, -0.1) is 11.6 Å². The zero-order valence-electron chi connectivity index (χ0n) is 10.3. The zero-order valence-corrected chi connectivity index (χ0v) is 11.0. The zero-order chi connectivity index (χ0) is 13.5. The van der Waals surface area contributed by atoms with Crippen molar-refractivity contribution in [2.75, 3.05) is 6.61 Å². The van der Waals surface area contributed by atoms with Gasteiger partial charge in [-0.1, -0.05) is 30.3 Å². The maximum absolute atomic E-state index is 11.8. The van der Waals surface area contributed by atoms with Crippen LogP contribution in [0.25, 0.3) is 0 Å². The van der Waals surface area contributed by atoms with Crippen LogP contribution in [-0.4, -0.2) is 29.3 Å². The van der Waals surface area contributed by atoms with E-state index in [2.05, 4.69) is 0 Å². The Hall–Kier alpha value is -1.10. The number of benzene rings is 1. The van der Waals surface area contributed by atoms with Crippen LogP contribution < -0.4 is 5.73 Å². The Balaban J connectivity index is 2.81. The molecule has 3 N–H and O–H groups in total. The van der Waals surface area contributed by atoms with Crippen molar-refractivity contribution in [1.82, 2.24) is 0 Å². The van der Waals surface area contributed by atoms with E-state index < -0.39 is 23.5 Å². The first-order chi connectivity index (χ1) is 8.56. The molecule has 0 amide bonds. The summed E-state index contributed by atoms with van der Waals surface area (Å²) < 4.78 is 4.93. The highest BCUT2D eigenvalue weighted by Gasteiger charge is 2.31. The summed E-state index contributed by atoms with van der Waals surface area (Å²) in [5.41, 5.74) is 5.36. The highest BCUT2D eigenvalue weighted by atomic mass is 35.5. The molecule has 0 aliphatic carbocycles. The molecule has 0 radical (unpaired) electrons. The summed E-state index contributed by atoms with van der Waals surface area (Å²) in [4.78, 5) is 11.8. The standard InChI is InChI=1S/C13H18ClNO3/c1-2-18-13(17)10(11(16)12(14)15)8-9-6-4-3-5-7-9/h3-7,10-12,16H,2,8,15H2,1H3/t10-,11-,12?/m0/s1. The van der Waals surface area contributed by atoms with Crippen LogP contribution in [0.2, 0.25) is 0 Å². The molecule has 0 aliphatic heterocycles. The summed E-state index contributed by atoms with van der Waals surface area (Å²) in [6, 6.07) is 9.36. The summed E-state index contributed by atoms with van der Waals surface area (Å²) in [5, 5.41) is 9.89. The first-order valence-electron chi connectivity index (χ1n) is 5.84. The Morgan fingerprint density at radius 3 is 2.56 bits per heavy atom. The van der Waals surface area contributed by atoms with Crippen molar-refractivity contribution in [3.05, 3.63) is 35.9 Å². The normalized spacial score (nSPS) is 15.8. The van der Waals surface area contributed by atoms with Gasteiger partial charge in [0.1, 0.15) is 5.50 Å². The van der Waals surface area contributed by atoms with Crippen LogP contribution in [0.15, 0.2) is 30.3 Å². The first kappa shape index (κ1) is 15.0. The van der Waals surface area contributed by atoms with Crippen molar-refractivity contribution in [3.8, 4) is 0 Å². The summed E-state index contributed by atoms with van der Waals surface area (Å²) in [7, 11) is 0. The van der Waals surface area contributed by atoms with Crippen LogP contribution in [0.3, 0.4) is 0 Å². The summed E-state index contributed by atoms with van der Waals surface area (Å²) in [5.74, 6) is -1.23. The third-order valence-corrected chi connectivity index (χ3v) is 2.88. The van der Waals surface area contributed by atoms with Gasteiger partial charge in [-0.25, -0.2) is 0 Å². The number of carbonyl (C=O) groups is 1. The second-order valence-electron chi connectivity index (χ2n) is 3.98. The highest BCUT2D eigenvalue weighted by Crippen LogP contribution is 2.17. The Morgan fingerprint density at radius 2 is 2.06 bits per heavy atom. The van der Waals surface area contributed by atoms with E-state index >= 15 is 0 Å². The molecule has 0 saturated carbocycles. The quantitative estimate of drug-likeness (QED) is 0.465. The lowest BCUT2D eigenvalue weighted by molar-refractivity contribution is -0.152. The Bertz CT molecular complexity index is 370. The van der Waals surface area contributed by atoms with E-state index in [0.29, 0.717) is 6.42 Å². The topological polar surface area (TPSA) is 72.5 Å². The molecule has 0 heterocycles. The first-order valence-corrected chi connectivity index (χ1v) is 6.28. The summed E-state index contributed by atoms with van der Waals surface area (Å²) >= 11 is 5.65. The van der Waals surface area contributed by atoms with E-state index in [1.807, 2.05) is 30.3 Å². The van der Waals surface area contributed by atoms with Crippen molar-refractivity contribution in [3.63, 3.8) is 0 Å². The molecule has 3 atom stereocenters. The minimum atomic E-state index is -1.13. The number of hydrogen-bond donors (Lipinski definition) is 2. The molecule has 100 valence electrons. The summed E-state index contributed by atoms with van der Waals surface area (Å²) in [6.07, 6.45) is -0.785. The molecule has 18 heavy (non-hydrogen) atoms. The molecule has 0 saturated heterocycles. The molecule has 5 heteroatoms. The third-order valence-electron chi connectivity index (χ3n) is 2.63. The number of rotatable bonds is 6. The van der Waals surface area contributed by atoms with Gasteiger partial charge in [0.25, 0.3) is 0 Å². The Morgan fingerprint density at radius 1 is 1.44 bits per heavy atom. The molecule has 4 nitrogen and oxygen atoms in total. The maximum Gasteiger partial charge on any atom is 0.312 e. The second-order valence-corrected chi connectivity index (χ2v) is 4.49. The van der Waals surface area contributed by atoms with Gasteiger partial charge in [0.15, 0.2) is 0 Å². The van der Waals surface area contributed by atoms with Crippen molar-refractivity contribution < 1.29 is 14.6 Å². The number of aliphatic hydroxyl groups is 1. The van der Waals surface area contributed by atoms with E-state index in [-0.39, 0.29) is 6.61 Å². The van der Waals surface area contributed by atoms with Gasteiger partial charge in [0.05, 0.1) is 18.6 Å². The molecule has 0 spiro atoms. The average Bonchev–Trinajstić information content (AvgIpc) is 2.36. The third kappa shape index (κ3) is 4.29. The fourth-order valence-corrected chi connectivity index (χ4v) is 1.86. The molecule has 0 fully saturated rings.